The summed E-state index contributed by atoms with van der Waals surface area (Å²) in [5.41, 5.74) is 3.22. The predicted octanol–water partition coefficient (Wildman–Crippen LogP) is 2.55. The molecule has 1 unspecified atom stereocenters. The molecule has 0 aliphatic rings. The third kappa shape index (κ3) is 2.49. The van der Waals surface area contributed by atoms with Crippen LogP contribution >= 0.6 is 0 Å². The van der Waals surface area contributed by atoms with Crippen LogP contribution in [0.5, 0.6) is 0 Å². The molecule has 0 saturated heterocycles. The molecule has 1 amide bonds. The van der Waals surface area contributed by atoms with Gasteiger partial charge in [0.2, 0.25) is 5.91 Å². The fourth-order valence-electron chi connectivity index (χ4n) is 2.02. The lowest BCUT2D eigenvalue weighted by Gasteiger charge is -2.12. The minimum absolute atomic E-state index is 0.118. The molecule has 4 nitrogen and oxygen atoms in total. The number of rotatable bonds is 2. The van der Waals surface area contributed by atoms with Crippen LogP contribution in [0.2, 0.25) is 0 Å². The van der Waals surface area contributed by atoms with Gasteiger partial charge in [-0.2, -0.15) is 0 Å². The van der Waals surface area contributed by atoms with Crippen molar-refractivity contribution in [2.24, 2.45) is 0 Å². The van der Waals surface area contributed by atoms with Crippen LogP contribution in [0.4, 0.5) is 5.69 Å². The van der Waals surface area contributed by atoms with E-state index in [0.717, 1.165) is 22.2 Å². The number of anilines is 1. The lowest BCUT2D eigenvalue weighted by atomic mass is 10.0. The first-order valence-electron chi connectivity index (χ1n) is 5.84. The zero-order valence-corrected chi connectivity index (χ0v) is 10.7. The largest absolute Gasteiger partial charge is 0.389 e. The van der Waals surface area contributed by atoms with Crippen LogP contribution in [0, 0.1) is 6.92 Å². The van der Waals surface area contributed by atoms with E-state index >= 15 is 0 Å². The normalized spacial score (nSPS) is 12.4. The molecular weight excluding hydrogens is 228 g/mol. The van der Waals surface area contributed by atoms with Gasteiger partial charge in [0.1, 0.15) is 0 Å². The number of pyridine rings is 1. The van der Waals surface area contributed by atoms with Crippen molar-refractivity contribution in [2.75, 3.05) is 5.32 Å². The number of aryl methyl sites for hydroxylation is 1. The van der Waals surface area contributed by atoms with Crippen LogP contribution in [0.25, 0.3) is 10.9 Å². The van der Waals surface area contributed by atoms with Crippen LogP contribution in [0.15, 0.2) is 24.3 Å². The molecular formula is C14H16N2O2. The molecule has 0 radical (unpaired) electrons. The number of fused-ring (bicyclic) bond motifs is 1. The van der Waals surface area contributed by atoms with E-state index in [9.17, 15) is 9.90 Å². The lowest BCUT2D eigenvalue weighted by molar-refractivity contribution is -0.114. The molecule has 94 valence electrons. The second kappa shape index (κ2) is 4.74. The van der Waals surface area contributed by atoms with E-state index in [1.165, 1.54) is 6.92 Å². The number of aromatic nitrogens is 1. The van der Waals surface area contributed by atoms with Crippen molar-refractivity contribution >= 4 is 22.5 Å². The quantitative estimate of drug-likeness (QED) is 0.853. The highest BCUT2D eigenvalue weighted by Crippen LogP contribution is 2.26. The zero-order chi connectivity index (χ0) is 13.3. The highest BCUT2D eigenvalue weighted by molar-refractivity contribution is 5.93. The second-order valence-corrected chi connectivity index (χ2v) is 4.44. The molecule has 1 atom stereocenters. The van der Waals surface area contributed by atoms with Crippen molar-refractivity contribution in [1.29, 1.82) is 0 Å². The molecule has 0 aliphatic carbocycles. The summed E-state index contributed by atoms with van der Waals surface area (Å²) in [6.07, 6.45) is -0.568. The number of carbonyl (C=O) groups excluding carboxylic acids is 1. The molecule has 1 heterocycles. The minimum Gasteiger partial charge on any atom is -0.389 e. The van der Waals surface area contributed by atoms with E-state index in [4.69, 9.17) is 0 Å². The topological polar surface area (TPSA) is 62.2 Å². The first-order valence-corrected chi connectivity index (χ1v) is 5.84. The zero-order valence-electron chi connectivity index (χ0n) is 10.7. The summed E-state index contributed by atoms with van der Waals surface area (Å²) in [5.74, 6) is -0.118. The lowest BCUT2D eigenvalue weighted by Crippen LogP contribution is -2.06. The molecule has 1 aromatic carbocycles. The third-order valence-electron chi connectivity index (χ3n) is 2.74. The number of aliphatic hydroxyl groups is 1. The molecule has 2 aromatic rings. The van der Waals surface area contributed by atoms with Crippen molar-refractivity contribution < 1.29 is 9.90 Å². The number of hydrogen-bond acceptors (Lipinski definition) is 3. The van der Waals surface area contributed by atoms with Crippen LogP contribution in [-0.4, -0.2) is 16.0 Å². The molecule has 0 spiro atoms. The molecule has 0 bridgehead atoms. The van der Waals surface area contributed by atoms with E-state index in [-0.39, 0.29) is 5.91 Å². The van der Waals surface area contributed by atoms with Crippen molar-refractivity contribution in [1.82, 2.24) is 4.98 Å². The number of amides is 1. The summed E-state index contributed by atoms with van der Waals surface area (Å²) in [6, 6.07) is 7.36. The molecule has 0 aliphatic heterocycles. The van der Waals surface area contributed by atoms with Crippen molar-refractivity contribution in [3.8, 4) is 0 Å². The first kappa shape index (κ1) is 12.5. The van der Waals surface area contributed by atoms with Crippen LogP contribution < -0.4 is 5.32 Å². The standard InChI is InChI=1S/C14H16N2O2/c1-8-6-12(9(2)17)13-7-11(16-10(3)18)4-5-14(13)15-8/h4-7,9,17H,1-3H3,(H,16,18). The van der Waals surface area contributed by atoms with E-state index < -0.39 is 6.10 Å². The Morgan fingerprint density at radius 3 is 2.72 bits per heavy atom. The highest BCUT2D eigenvalue weighted by atomic mass is 16.3. The average molecular weight is 244 g/mol. The van der Waals surface area contributed by atoms with Crippen molar-refractivity contribution in [3.05, 3.63) is 35.5 Å². The number of hydrogen-bond donors (Lipinski definition) is 2. The maximum absolute atomic E-state index is 11.0. The van der Waals surface area contributed by atoms with Gasteiger partial charge in [-0.25, -0.2) is 0 Å². The number of benzene rings is 1. The van der Waals surface area contributed by atoms with E-state index in [1.807, 2.05) is 31.2 Å². The van der Waals surface area contributed by atoms with Crippen LogP contribution in [0.1, 0.15) is 31.2 Å². The molecule has 0 saturated carbocycles. The monoisotopic (exact) mass is 244 g/mol. The summed E-state index contributed by atoms with van der Waals surface area (Å²) < 4.78 is 0. The molecule has 1 aromatic heterocycles. The van der Waals surface area contributed by atoms with Gasteiger partial charge in [0, 0.05) is 23.7 Å². The van der Waals surface area contributed by atoms with Gasteiger partial charge in [-0.15, -0.1) is 0 Å². The van der Waals surface area contributed by atoms with E-state index in [2.05, 4.69) is 10.3 Å². The van der Waals surface area contributed by atoms with Gasteiger partial charge in [-0.3, -0.25) is 9.78 Å². The Balaban J connectivity index is 2.63. The van der Waals surface area contributed by atoms with Crippen molar-refractivity contribution in [2.45, 2.75) is 26.9 Å². The fourth-order valence-corrected chi connectivity index (χ4v) is 2.02. The van der Waals surface area contributed by atoms with Gasteiger partial charge in [-0.05, 0) is 43.7 Å². The molecule has 18 heavy (non-hydrogen) atoms. The Morgan fingerprint density at radius 2 is 2.11 bits per heavy atom. The SMILES string of the molecule is CC(=O)Nc1ccc2nc(C)cc(C(C)O)c2c1. The summed E-state index contributed by atoms with van der Waals surface area (Å²) in [4.78, 5) is 15.5. The average Bonchev–Trinajstić information content (AvgIpc) is 2.27. The second-order valence-electron chi connectivity index (χ2n) is 4.44. The maximum Gasteiger partial charge on any atom is 0.221 e. The summed E-state index contributed by atoms with van der Waals surface area (Å²) in [6.45, 7) is 5.08. The molecule has 2 N–H and O–H groups in total. The van der Waals surface area contributed by atoms with E-state index in [1.54, 1.807) is 6.92 Å². The molecule has 2 rings (SSSR count). The summed E-state index contributed by atoms with van der Waals surface area (Å²) in [7, 11) is 0. The van der Waals surface area contributed by atoms with Gasteiger partial charge in [0.15, 0.2) is 0 Å². The maximum atomic E-state index is 11.0. The molecule has 0 fully saturated rings. The minimum atomic E-state index is -0.568. The predicted molar refractivity (Wildman–Crippen MR) is 71.4 cm³/mol. The van der Waals surface area contributed by atoms with Gasteiger partial charge < -0.3 is 10.4 Å². The summed E-state index contributed by atoms with van der Waals surface area (Å²) >= 11 is 0. The fraction of sp³-hybridized carbons (Fsp3) is 0.286. The number of aliphatic hydroxyl groups excluding tert-OH is 1. The Bertz CT molecular complexity index is 606. The van der Waals surface area contributed by atoms with E-state index in [0.29, 0.717) is 5.69 Å². The van der Waals surface area contributed by atoms with Crippen LogP contribution in [0.3, 0.4) is 0 Å². The highest BCUT2D eigenvalue weighted by Gasteiger charge is 2.09. The Morgan fingerprint density at radius 1 is 1.39 bits per heavy atom. The Hall–Kier alpha value is -1.94. The molecule has 4 heteroatoms. The Labute approximate surface area is 106 Å². The Kier molecular flexibility index (Phi) is 3.30. The van der Waals surface area contributed by atoms with Gasteiger partial charge in [0.25, 0.3) is 0 Å². The van der Waals surface area contributed by atoms with Gasteiger partial charge in [-0.1, -0.05) is 0 Å². The number of nitrogens with one attached hydrogen (secondary N) is 1. The number of nitrogens with zero attached hydrogens (tertiary/aromatic N) is 1. The summed E-state index contributed by atoms with van der Waals surface area (Å²) in [5, 5.41) is 13.4. The first-order chi connectivity index (χ1) is 8.47. The smallest absolute Gasteiger partial charge is 0.221 e. The van der Waals surface area contributed by atoms with Crippen molar-refractivity contribution in [3.63, 3.8) is 0 Å². The number of carbonyl (C=O) groups is 1. The van der Waals surface area contributed by atoms with Gasteiger partial charge >= 0.3 is 0 Å². The van der Waals surface area contributed by atoms with Gasteiger partial charge in [0.05, 0.1) is 11.6 Å². The van der Waals surface area contributed by atoms with Crippen LogP contribution in [-0.2, 0) is 4.79 Å². The third-order valence-corrected chi connectivity index (χ3v) is 2.74.